The van der Waals surface area contributed by atoms with Gasteiger partial charge in [0.2, 0.25) is 0 Å². The Bertz CT molecular complexity index is 905. The molecule has 7 heteroatoms. The monoisotopic (exact) mass is 423 g/mol. The first-order valence-corrected chi connectivity index (χ1v) is 10.1. The fourth-order valence-corrected chi connectivity index (χ4v) is 2.56. The normalized spacial score (nSPS) is 11.1. The van der Waals surface area contributed by atoms with Crippen LogP contribution in [0.1, 0.15) is 42.6 Å². The molecule has 0 spiro atoms. The van der Waals surface area contributed by atoms with Gasteiger partial charge >= 0.3 is 0 Å². The molecule has 0 aliphatic heterocycles. The van der Waals surface area contributed by atoms with Gasteiger partial charge in [0.15, 0.2) is 0 Å². The van der Waals surface area contributed by atoms with E-state index in [1.54, 1.807) is 42.5 Å². The highest BCUT2D eigenvalue weighted by molar-refractivity contribution is 6.05. The Kier molecular flexibility index (Phi) is 9.29. The summed E-state index contributed by atoms with van der Waals surface area (Å²) in [5, 5.41) is 15.8. The van der Waals surface area contributed by atoms with E-state index in [9.17, 15) is 19.5 Å². The average molecular weight is 423 g/mol. The number of aliphatic carboxylic acids is 1. The van der Waals surface area contributed by atoms with Crippen LogP contribution in [-0.2, 0) is 9.59 Å². The van der Waals surface area contributed by atoms with E-state index in [-0.39, 0.29) is 25.1 Å². The second kappa shape index (κ2) is 12.2. The molecule has 7 nitrogen and oxygen atoms in total. The van der Waals surface area contributed by atoms with Gasteiger partial charge in [-0.1, -0.05) is 44.2 Å². The second-order valence-corrected chi connectivity index (χ2v) is 7.38. The number of carboxylic acids is 1. The van der Waals surface area contributed by atoms with Gasteiger partial charge in [-0.3, -0.25) is 9.59 Å². The van der Waals surface area contributed by atoms with Crippen molar-refractivity contribution in [1.29, 1.82) is 0 Å². The maximum absolute atomic E-state index is 12.7. The van der Waals surface area contributed by atoms with Crippen LogP contribution in [0.2, 0.25) is 0 Å². The van der Waals surface area contributed by atoms with E-state index >= 15 is 0 Å². The topological polar surface area (TPSA) is 108 Å². The molecule has 0 aromatic heterocycles. The minimum absolute atomic E-state index is 0.0600. The van der Waals surface area contributed by atoms with Crippen LogP contribution in [0.4, 0.5) is 0 Å². The average Bonchev–Trinajstić information content (AvgIpc) is 2.75. The highest BCUT2D eigenvalue weighted by Gasteiger charge is 2.14. The third-order valence-electron chi connectivity index (χ3n) is 4.15. The van der Waals surface area contributed by atoms with Crippen molar-refractivity contribution in [2.24, 2.45) is 5.92 Å². The standard InChI is InChI=1S/C24H28N2O5/c1-17(2)16-31-20-12-10-19(11-13-20)23(29)26-21(15-18-7-4-3-5-8-18)24(30)25-14-6-9-22(27)28/h3-5,7-8,10-13,15,17H,6,9,14,16H2,1-2H3,(H,25,30)(H,26,29)(H,27,28)/p-1/b21-15+. The van der Waals surface area contributed by atoms with Crippen molar-refractivity contribution in [2.45, 2.75) is 26.7 Å². The molecule has 31 heavy (non-hydrogen) atoms. The number of carbonyl (C=O) groups excluding carboxylic acids is 3. The van der Waals surface area contributed by atoms with Gasteiger partial charge in [0.05, 0.1) is 6.61 Å². The zero-order valence-corrected chi connectivity index (χ0v) is 17.7. The van der Waals surface area contributed by atoms with Crippen molar-refractivity contribution in [1.82, 2.24) is 10.6 Å². The van der Waals surface area contributed by atoms with Gasteiger partial charge in [-0.15, -0.1) is 0 Å². The summed E-state index contributed by atoms with van der Waals surface area (Å²) in [5.74, 6) is -1.08. The van der Waals surface area contributed by atoms with Crippen molar-refractivity contribution in [3.63, 3.8) is 0 Å². The number of hydrogen-bond acceptors (Lipinski definition) is 5. The van der Waals surface area contributed by atoms with Crippen molar-refractivity contribution in [3.05, 3.63) is 71.4 Å². The summed E-state index contributed by atoms with van der Waals surface area (Å²) in [5.41, 5.74) is 1.17. The molecule has 0 fully saturated rings. The molecule has 2 N–H and O–H groups in total. The van der Waals surface area contributed by atoms with Gasteiger partial charge in [0.1, 0.15) is 11.4 Å². The van der Waals surface area contributed by atoms with Crippen LogP contribution in [-0.4, -0.2) is 30.9 Å². The smallest absolute Gasteiger partial charge is 0.267 e. The van der Waals surface area contributed by atoms with Crippen LogP contribution >= 0.6 is 0 Å². The zero-order valence-electron chi connectivity index (χ0n) is 17.7. The Morgan fingerprint density at radius 3 is 2.32 bits per heavy atom. The Hall–Kier alpha value is -3.61. The number of hydrogen-bond donors (Lipinski definition) is 2. The van der Waals surface area contributed by atoms with E-state index in [2.05, 4.69) is 10.6 Å². The van der Waals surface area contributed by atoms with Crippen molar-refractivity contribution in [3.8, 4) is 5.75 Å². The largest absolute Gasteiger partial charge is 0.550 e. The molecule has 0 aliphatic carbocycles. The lowest BCUT2D eigenvalue weighted by Gasteiger charge is -2.12. The molecule has 0 radical (unpaired) electrons. The fraction of sp³-hybridized carbons (Fsp3) is 0.292. The molecule has 2 rings (SSSR count). The van der Waals surface area contributed by atoms with Crippen molar-refractivity contribution in [2.75, 3.05) is 13.2 Å². The maximum atomic E-state index is 12.7. The van der Waals surface area contributed by atoms with Crippen LogP contribution in [0.25, 0.3) is 6.08 Å². The predicted molar refractivity (Wildman–Crippen MR) is 116 cm³/mol. The fourth-order valence-electron chi connectivity index (χ4n) is 2.56. The summed E-state index contributed by atoms with van der Waals surface area (Å²) < 4.78 is 5.62. The minimum Gasteiger partial charge on any atom is -0.550 e. The first kappa shape index (κ1) is 23.7. The first-order chi connectivity index (χ1) is 14.8. The van der Waals surface area contributed by atoms with Crippen LogP contribution in [0.15, 0.2) is 60.3 Å². The summed E-state index contributed by atoms with van der Waals surface area (Å²) in [7, 11) is 0. The van der Waals surface area contributed by atoms with E-state index < -0.39 is 17.8 Å². The van der Waals surface area contributed by atoms with Crippen LogP contribution < -0.4 is 20.5 Å². The lowest BCUT2D eigenvalue weighted by Crippen LogP contribution is -2.35. The molecule has 2 amide bonds. The Balaban J connectivity index is 2.09. The molecule has 0 heterocycles. The van der Waals surface area contributed by atoms with E-state index in [4.69, 9.17) is 4.74 Å². The molecule has 164 valence electrons. The Morgan fingerprint density at radius 1 is 1.03 bits per heavy atom. The van der Waals surface area contributed by atoms with Gasteiger partial charge in [-0.05, 0) is 54.7 Å². The van der Waals surface area contributed by atoms with Gasteiger partial charge in [-0.2, -0.15) is 0 Å². The van der Waals surface area contributed by atoms with Crippen LogP contribution in [0.5, 0.6) is 5.75 Å². The molecule has 0 unspecified atom stereocenters. The summed E-state index contributed by atoms with van der Waals surface area (Å²) >= 11 is 0. The van der Waals surface area contributed by atoms with Gasteiger partial charge in [0.25, 0.3) is 11.8 Å². The summed E-state index contributed by atoms with van der Waals surface area (Å²) in [4.78, 5) is 35.8. The molecule has 0 aliphatic rings. The SMILES string of the molecule is CC(C)COc1ccc(C(=O)N/C(=C/c2ccccc2)C(=O)NCCCC(=O)[O-])cc1. The number of ether oxygens (including phenoxy) is 1. The summed E-state index contributed by atoms with van der Waals surface area (Å²) in [6, 6.07) is 15.8. The first-order valence-electron chi connectivity index (χ1n) is 10.1. The van der Waals surface area contributed by atoms with E-state index in [0.717, 1.165) is 5.56 Å². The molecular formula is C24H27N2O5-. The Morgan fingerprint density at radius 2 is 1.71 bits per heavy atom. The maximum Gasteiger partial charge on any atom is 0.267 e. The van der Waals surface area contributed by atoms with Crippen LogP contribution in [0.3, 0.4) is 0 Å². The van der Waals surface area contributed by atoms with E-state index in [1.165, 1.54) is 0 Å². The van der Waals surface area contributed by atoms with E-state index in [1.807, 2.05) is 32.0 Å². The number of carboxylic acid groups (broad SMARTS) is 1. The molecule has 0 saturated carbocycles. The van der Waals surface area contributed by atoms with Gasteiger partial charge in [-0.25, -0.2) is 0 Å². The number of benzene rings is 2. The zero-order chi connectivity index (χ0) is 22.6. The third kappa shape index (κ3) is 8.74. The Labute approximate surface area is 182 Å². The molecule has 0 bridgehead atoms. The number of rotatable bonds is 11. The molecular weight excluding hydrogens is 396 g/mol. The molecule has 2 aromatic rings. The highest BCUT2D eigenvalue weighted by Crippen LogP contribution is 2.14. The van der Waals surface area contributed by atoms with Crippen molar-refractivity contribution < 1.29 is 24.2 Å². The van der Waals surface area contributed by atoms with E-state index in [0.29, 0.717) is 23.8 Å². The minimum atomic E-state index is -1.18. The molecule has 0 saturated heterocycles. The second-order valence-electron chi connectivity index (χ2n) is 7.38. The summed E-state index contributed by atoms with van der Waals surface area (Å²) in [6.07, 6.45) is 1.64. The van der Waals surface area contributed by atoms with Crippen LogP contribution in [0, 0.1) is 5.92 Å². The van der Waals surface area contributed by atoms with Gasteiger partial charge < -0.3 is 25.3 Å². The number of nitrogens with one attached hydrogen (secondary N) is 2. The predicted octanol–water partition coefficient (Wildman–Crippen LogP) is 2.14. The third-order valence-corrected chi connectivity index (χ3v) is 4.15. The quantitative estimate of drug-likeness (QED) is 0.425. The number of carbonyl (C=O) groups is 3. The summed E-state index contributed by atoms with van der Waals surface area (Å²) in [6.45, 7) is 4.82. The molecule has 2 aromatic carbocycles. The van der Waals surface area contributed by atoms with Crippen molar-refractivity contribution >= 4 is 23.9 Å². The highest BCUT2D eigenvalue weighted by atomic mass is 16.5. The van der Waals surface area contributed by atoms with Gasteiger partial charge in [0, 0.05) is 18.1 Å². The number of amides is 2. The molecule has 0 atom stereocenters. The lowest BCUT2D eigenvalue weighted by atomic mass is 10.1. The lowest BCUT2D eigenvalue weighted by molar-refractivity contribution is -0.305.